The van der Waals surface area contributed by atoms with Crippen molar-refractivity contribution in [3.63, 3.8) is 0 Å². The Hall–Kier alpha value is -1.50. The second-order valence-corrected chi connectivity index (χ2v) is 7.93. The van der Waals surface area contributed by atoms with E-state index >= 15 is 0 Å². The summed E-state index contributed by atoms with van der Waals surface area (Å²) in [5.74, 6) is 0.335. The zero-order valence-electron chi connectivity index (χ0n) is 15.7. The van der Waals surface area contributed by atoms with Crippen LogP contribution < -0.4 is 0 Å². The first-order valence-electron chi connectivity index (χ1n) is 8.69. The zero-order chi connectivity index (χ0) is 18.5. The molecule has 0 radical (unpaired) electrons. The molecule has 0 saturated heterocycles. The Morgan fingerprint density at radius 2 is 1.44 bits per heavy atom. The Kier molecular flexibility index (Phi) is 4.88. The SMILES string of the molecule is CC1=CC(C)C(c2c(-c3ccc(C)c(C)c3C)ccc(Cl)c2Cl)=C1C. The van der Waals surface area contributed by atoms with Gasteiger partial charge in [-0.05, 0) is 79.6 Å². The molecule has 0 saturated carbocycles. The average molecular weight is 371 g/mol. The largest absolute Gasteiger partial charge is 0.0827 e. The van der Waals surface area contributed by atoms with Crippen LogP contribution >= 0.6 is 23.2 Å². The van der Waals surface area contributed by atoms with Gasteiger partial charge in [-0.25, -0.2) is 0 Å². The van der Waals surface area contributed by atoms with Crippen LogP contribution in [-0.2, 0) is 0 Å². The van der Waals surface area contributed by atoms with E-state index in [1.54, 1.807) is 0 Å². The van der Waals surface area contributed by atoms with Gasteiger partial charge in [0.15, 0.2) is 0 Å². The van der Waals surface area contributed by atoms with Crippen LogP contribution in [0, 0.1) is 26.7 Å². The third-order valence-electron chi connectivity index (χ3n) is 5.66. The molecule has 0 amide bonds. The molecule has 130 valence electrons. The summed E-state index contributed by atoms with van der Waals surface area (Å²) in [7, 11) is 0. The number of aryl methyl sites for hydroxylation is 1. The normalized spacial score (nSPS) is 17.3. The number of benzene rings is 2. The maximum absolute atomic E-state index is 6.74. The van der Waals surface area contributed by atoms with Crippen molar-refractivity contribution in [2.45, 2.75) is 41.5 Å². The Morgan fingerprint density at radius 3 is 2.04 bits per heavy atom. The maximum atomic E-state index is 6.74. The summed E-state index contributed by atoms with van der Waals surface area (Å²) in [5, 5.41) is 1.26. The minimum atomic E-state index is 0.335. The maximum Gasteiger partial charge on any atom is 0.0673 e. The molecule has 0 spiro atoms. The molecule has 0 fully saturated rings. The molecule has 0 aromatic heterocycles. The minimum absolute atomic E-state index is 0.335. The van der Waals surface area contributed by atoms with Gasteiger partial charge >= 0.3 is 0 Å². The standard InChI is InChI=1S/C23H24Cl2/c1-12-7-8-18(17(6)15(12)4)19-9-10-20(24)23(25)22(19)21-14(3)11-13(2)16(21)5/h7-11,14H,1-6H3. The van der Waals surface area contributed by atoms with Gasteiger partial charge in [0.1, 0.15) is 0 Å². The molecule has 0 aliphatic heterocycles. The Balaban J connectivity index is 2.35. The van der Waals surface area contributed by atoms with E-state index in [-0.39, 0.29) is 0 Å². The van der Waals surface area contributed by atoms with E-state index in [9.17, 15) is 0 Å². The summed E-state index contributed by atoms with van der Waals surface area (Å²) in [6.45, 7) is 13.1. The number of hydrogen-bond donors (Lipinski definition) is 0. The van der Waals surface area contributed by atoms with Gasteiger partial charge in [-0.1, -0.05) is 60.0 Å². The predicted octanol–water partition coefficient (Wildman–Crippen LogP) is 7.96. The fraction of sp³-hybridized carbons (Fsp3) is 0.304. The molecule has 0 N–H and O–H groups in total. The highest BCUT2D eigenvalue weighted by molar-refractivity contribution is 6.43. The molecule has 25 heavy (non-hydrogen) atoms. The molecule has 3 rings (SSSR count). The van der Waals surface area contributed by atoms with E-state index in [0.717, 1.165) is 5.56 Å². The van der Waals surface area contributed by atoms with E-state index in [4.69, 9.17) is 23.2 Å². The Labute approximate surface area is 161 Å². The summed E-state index contributed by atoms with van der Waals surface area (Å²) in [4.78, 5) is 0. The average Bonchev–Trinajstić information content (AvgIpc) is 2.81. The second kappa shape index (κ2) is 6.67. The van der Waals surface area contributed by atoms with Crippen molar-refractivity contribution in [2.24, 2.45) is 5.92 Å². The fourth-order valence-corrected chi connectivity index (χ4v) is 4.26. The lowest BCUT2D eigenvalue weighted by Gasteiger charge is -2.21. The van der Waals surface area contributed by atoms with Crippen molar-refractivity contribution in [3.05, 3.63) is 73.8 Å². The summed E-state index contributed by atoms with van der Waals surface area (Å²) in [5.41, 5.74) is 11.3. The lowest BCUT2D eigenvalue weighted by molar-refractivity contribution is 0.976. The van der Waals surface area contributed by atoms with E-state index in [0.29, 0.717) is 16.0 Å². The van der Waals surface area contributed by atoms with Gasteiger partial charge in [0.2, 0.25) is 0 Å². The highest BCUT2D eigenvalue weighted by Crippen LogP contribution is 2.47. The molecule has 0 heterocycles. The highest BCUT2D eigenvalue weighted by Gasteiger charge is 2.26. The van der Waals surface area contributed by atoms with Gasteiger partial charge in [0.05, 0.1) is 10.0 Å². The molecule has 1 aliphatic rings. The van der Waals surface area contributed by atoms with Crippen LogP contribution in [0.25, 0.3) is 16.7 Å². The smallest absolute Gasteiger partial charge is 0.0673 e. The van der Waals surface area contributed by atoms with Gasteiger partial charge in [0.25, 0.3) is 0 Å². The second-order valence-electron chi connectivity index (χ2n) is 7.14. The molecule has 1 atom stereocenters. The third kappa shape index (κ3) is 2.96. The monoisotopic (exact) mass is 370 g/mol. The quantitative estimate of drug-likeness (QED) is 0.502. The molecule has 1 aliphatic carbocycles. The molecular weight excluding hydrogens is 347 g/mol. The van der Waals surface area contributed by atoms with E-state index in [2.05, 4.69) is 65.8 Å². The summed E-state index contributed by atoms with van der Waals surface area (Å²) in [6.07, 6.45) is 2.30. The summed E-state index contributed by atoms with van der Waals surface area (Å²) >= 11 is 13.1. The molecule has 0 nitrogen and oxygen atoms in total. The van der Waals surface area contributed by atoms with Crippen molar-refractivity contribution >= 4 is 28.8 Å². The number of halogens is 2. The fourth-order valence-electron chi connectivity index (χ4n) is 3.84. The van der Waals surface area contributed by atoms with Gasteiger partial charge in [-0.2, -0.15) is 0 Å². The van der Waals surface area contributed by atoms with Gasteiger partial charge < -0.3 is 0 Å². The minimum Gasteiger partial charge on any atom is -0.0827 e. The van der Waals surface area contributed by atoms with Crippen LogP contribution in [0.2, 0.25) is 10.0 Å². The van der Waals surface area contributed by atoms with Crippen LogP contribution in [0.15, 0.2) is 41.5 Å². The first-order chi connectivity index (χ1) is 11.7. The Morgan fingerprint density at radius 1 is 0.800 bits per heavy atom. The van der Waals surface area contributed by atoms with Gasteiger partial charge in [-0.15, -0.1) is 0 Å². The molecule has 2 aromatic carbocycles. The van der Waals surface area contributed by atoms with Crippen molar-refractivity contribution in [1.82, 2.24) is 0 Å². The summed E-state index contributed by atoms with van der Waals surface area (Å²) in [6, 6.07) is 8.41. The van der Waals surface area contributed by atoms with E-state index in [1.807, 2.05) is 6.07 Å². The zero-order valence-corrected chi connectivity index (χ0v) is 17.2. The van der Waals surface area contributed by atoms with Crippen LogP contribution in [0.5, 0.6) is 0 Å². The van der Waals surface area contributed by atoms with Crippen molar-refractivity contribution in [2.75, 3.05) is 0 Å². The van der Waals surface area contributed by atoms with Crippen LogP contribution in [0.3, 0.4) is 0 Å². The Bertz CT molecular complexity index is 930. The van der Waals surface area contributed by atoms with Crippen molar-refractivity contribution < 1.29 is 0 Å². The highest BCUT2D eigenvalue weighted by atomic mass is 35.5. The third-order valence-corrected chi connectivity index (χ3v) is 6.47. The van der Waals surface area contributed by atoms with Crippen molar-refractivity contribution in [3.8, 4) is 11.1 Å². The predicted molar refractivity (Wildman–Crippen MR) is 112 cm³/mol. The van der Waals surface area contributed by atoms with Gasteiger partial charge in [0, 0.05) is 11.5 Å². The first kappa shape index (κ1) is 18.3. The molecule has 1 unspecified atom stereocenters. The van der Waals surface area contributed by atoms with Crippen LogP contribution in [0.4, 0.5) is 0 Å². The summed E-state index contributed by atoms with van der Waals surface area (Å²) < 4.78 is 0. The first-order valence-corrected chi connectivity index (χ1v) is 9.44. The number of allylic oxidation sites excluding steroid dienone is 4. The molecule has 2 aromatic rings. The van der Waals surface area contributed by atoms with E-state index < -0.39 is 0 Å². The van der Waals surface area contributed by atoms with Crippen LogP contribution in [-0.4, -0.2) is 0 Å². The number of hydrogen-bond acceptors (Lipinski definition) is 0. The molecule has 2 heteroatoms. The lowest BCUT2D eigenvalue weighted by Crippen LogP contribution is -2.00. The van der Waals surface area contributed by atoms with Gasteiger partial charge in [-0.3, -0.25) is 0 Å². The van der Waals surface area contributed by atoms with E-state index in [1.165, 1.54) is 44.5 Å². The van der Waals surface area contributed by atoms with Crippen molar-refractivity contribution in [1.29, 1.82) is 0 Å². The number of rotatable bonds is 2. The van der Waals surface area contributed by atoms with Crippen LogP contribution in [0.1, 0.15) is 43.0 Å². The molecule has 0 bridgehead atoms. The molecular formula is C23H24Cl2. The topological polar surface area (TPSA) is 0 Å². The lowest BCUT2D eigenvalue weighted by atomic mass is 9.85.